The van der Waals surface area contributed by atoms with Crippen LogP contribution in [-0.4, -0.2) is 68.7 Å². The molecule has 0 bridgehead atoms. The van der Waals surface area contributed by atoms with E-state index in [-0.39, 0.29) is 22.3 Å². The molecule has 0 N–H and O–H groups in total. The Balaban J connectivity index is 1.94. The van der Waals surface area contributed by atoms with Gasteiger partial charge in [-0.15, -0.1) is 5.11 Å². The summed E-state index contributed by atoms with van der Waals surface area (Å²) in [6, 6.07) is 3.30. The zero-order valence-electron chi connectivity index (χ0n) is 12.8. The van der Waals surface area contributed by atoms with E-state index < -0.39 is 11.6 Å². The third-order valence-electron chi connectivity index (χ3n) is 4.61. The van der Waals surface area contributed by atoms with E-state index in [4.69, 9.17) is 4.74 Å². The SMILES string of the molecule is BC(B)(B)C(B)(B)N1CC(Oc2cc(F)cc(F)c2)C1. The van der Waals surface area contributed by atoms with E-state index >= 15 is 0 Å². The van der Waals surface area contributed by atoms with E-state index in [9.17, 15) is 8.78 Å². The van der Waals surface area contributed by atoms with Crippen LogP contribution in [0.25, 0.3) is 0 Å². The van der Waals surface area contributed by atoms with Crippen LogP contribution in [-0.2, 0) is 0 Å². The fourth-order valence-corrected chi connectivity index (χ4v) is 2.23. The zero-order valence-corrected chi connectivity index (χ0v) is 12.8. The summed E-state index contributed by atoms with van der Waals surface area (Å²) in [5.74, 6) is -0.946. The molecule has 0 spiro atoms. The summed E-state index contributed by atoms with van der Waals surface area (Å²) in [6.45, 7) is 1.56. The molecule has 1 heterocycles. The van der Waals surface area contributed by atoms with Crippen LogP contribution >= 0.6 is 0 Å². The Labute approximate surface area is 123 Å². The third-order valence-corrected chi connectivity index (χ3v) is 4.61. The molecule has 0 unspecified atom stereocenters. The van der Waals surface area contributed by atoms with Gasteiger partial charge in [0.15, 0.2) is 0 Å². The average molecular weight is 272 g/mol. The van der Waals surface area contributed by atoms with Gasteiger partial charge in [0.25, 0.3) is 0 Å². The first-order valence-electron chi connectivity index (χ1n) is 6.97. The standard InChI is InChI=1S/C11H18B5F2NO/c12-10(13,14)11(15,16)19-4-9(5-19)20-8-2-6(17)1-7(18)3-8/h1-3,9H,4-5,12-16H2. The zero-order chi connectivity index (χ0) is 15.1. The van der Waals surface area contributed by atoms with Gasteiger partial charge in [0.1, 0.15) is 39.2 Å². The molecule has 2 nitrogen and oxygen atoms in total. The van der Waals surface area contributed by atoms with Gasteiger partial charge >= 0.3 is 0 Å². The Morgan fingerprint density at radius 2 is 1.50 bits per heavy atom. The Kier molecular flexibility index (Phi) is 4.02. The smallest absolute Gasteiger partial charge is 0.129 e. The molecule has 0 radical (unpaired) electrons. The van der Waals surface area contributed by atoms with Gasteiger partial charge in [-0.25, -0.2) is 8.78 Å². The fraction of sp³-hybridized carbons (Fsp3) is 0.455. The summed E-state index contributed by atoms with van der Waals surface area (Å²) in [5.41, 5.74) is 0. The molecule has 0 amide bonds. The first kappa shape index (κ1) is 15.6. The molecule has 9 heteroatoms. The van der Waals surface area contributed by atoms with Crippen molar-refractivity contribution in [2.75, 3.05) is 13.1 Å². The normalized spacial score (nSPS) is 17.7. The maximum atomic E-state index is 13.1. The van der Waals surface area contributed by atoms with Crippen molar-refractivity contribution in [3.8, 4) is 5.75 Å². The number of ether oxygens (including phenoxy) is 1. The van der Waals surface area contributed by atoms with E-state index in [2.05, 4.69) is 44.1 Å². The molecule has 1 saturated heterocycles. The molecule has 1 aromatic carbocycles. The molecule has 1 aliphatic heterocycles. The van der Waals surface area contributed by atoms with Crippen molar-refractivity contribution in [1.29, 1.82) is 0 Å². The van der Waals surface area contributed by atoms with Crippen molar-refractivity contribution >= 4 is 39.2 Å². The second kappa shape index (κ2) is 5.17. The van der Waals surface area contributed by atoms with Gasteiger partial charge in [0.2, 0.25) is 0 Å². The highest BCUT2D eigenvalue weighted by atomic mass is 19.1. The lowest BCUT2D eigenvalue weighted by atomic mass is 9.26. The van der Waals surface area contributed by atoms with Gasteiger partial charge < -0.3 is 9.64 Å². The van der Waals surface area contributed by atoms with Gasteiger partial charge in [-0.2, -0.15) is 0 Å². The molecule has 0 aliphatic carbocycles. The molecule has 1 aromatic rings. The minimum atomic E-state index is -0.605. The monoisotopic (exact) mass is 273 g/mol. The number of nitrogens with zero attached hydrogens (tertiary/aromatic N) is 1. The van der Waals surface area contributed by atoms with Crippen LogP contribution in [0, 0.1) is 11.6 Å². The lowest BCUT2D eigenvalue weighted by Gasteiger charge is -2.55. The Hall–Kier alpha value is -0.835. The van der Waals surface area contributed by atoms with Crippen LogP contribution in [0.15, 0.2) is 18.2 Å². The summed E-state index contributed by atoms with van der Waals surface area (Å²) in [7, 11) is 11.1. The van der Waals surface area contributed by atoms with E-state index in [1.54, 1.807) is 0 Å². The highest BCUT2D eigenvalue weighted by Gasteiger charge is 2.44. The lowest BCUT2D eigenvalue weighted by molar-refractivity contribution is -0.000728. The van der Waals surface area contributed by atoms with Crippen LogP contribution in [0.5, 0.6) is 5.75 Å². The Morgan fingerprint density at radius 1 is 1.00 bits per heavy atom. The maximum Gasteiger partial charge on any atom is 0.129 e. The number of likely N-dealkylation sites (tertiary alicyclic amines) is 1. The number of rotatable bonds is 4. The summed E-state index contributed by atoms with van der Waals surface area (Å²) < 4.78 is 31.8. The van der Waals surface area contributed by atoms with Gasteiger partial charge in [0, 0.05) is 31.3 Å². The average Bonchev–Trinajstić information content (AvgIpc) is 2.19. The van der Waals surface area contributed by atoms with E-state index in [1.807, 2.05) is 0 Å². The van der Waals surface area contributed by atoms with Gasteiger partial charge in [-0.3, -0.25) is 0 Å². The molecule has 1 aliphatic rings. The molecule has 0 atom stereocenters. The van der Waals surface area contributed by atoms with Crippen molar-refractivity contribution in [2.45, 2.75) is 16.6 Å². The number of hydrogen-bond acceptors (Lipinski definition) is 2. The summed E-state index contributed by atoms with van der Waals surface area (Å²) in [5, 5.41) is 0.211. The minimum Gasteiger partial charge on any atom is -0.488 e. The minimum absolute atomic E-state index is 0.00201. The summed E-state index contributed by atoms with van der Waals surface area (Å²) >= 11 is 0. The fourth-order valence-electron chi connectivity index (χ4n) is 2.23. The van der Waals surface area contributed by atoms with Crippen molar-refractivity contribution in [2.24, 2.45) is 0 Å². The highest BCUT2D eigenvalue weighted by molar-refractivity contribution is 6.67. The number of benzene rings is 1. The largest absolute Gasteiger partial charge is 0.488 e. The predicted molar refractivity (Wildman–Crippen MR) is 90.5 cm³/mol. The van der Waals surface area contributed by atoms with E-state index in [1.165, 1.54) is 12.1 Å². The predicted octanol–water partition coefficient (Wildman–Crippen LogP) is -3.08. The Bertz CT molecular complexity index is 482. The molecule has 102 valence electrons. The first-order chi connectivity index (χ1) is 9.09. The Morgan fingerprint density at radius 3 is 1.95 bits per heavy atom. The molecule has 20 heavy (non-hydrogen) atoms. The van der Waals surface area contributed by atoms with Crippen LogP contribution in [0.3, 0.4) is 0 Å². The van der Waals surface area contributed by atoms with E-state index in [0.29, 0.717) is 0 Å². The second-order valence-corrected chi connectivity index (χ2v) is 7.06. The van der Waals surface area contributed by atoms with Crippen molar-refractivity contribution in [3.63, 3.8) is 0 Å². The summed E-state index contributed by atoms with van der Waals surface area (Å²) in [4.78, 5) is 2.34. The number of hydrogen-bond donors (Lipinski definition) is 0. The van der Waals surface area contributed by atoms with Gasteiger partial charge in [-0.1, -0.05) is 5.34 Å². The first-order valence-corrected chi connectivity index (χ1v) is 6.97. The molecule has 1 fully saturated rings. The maximum absolute atomic E-state index is 13.1. The van der Waals surface area contributed by atoms with Gasteiger partial charge in [0.05, 0.1) is 23.5 Å². The van der Waals surface area contributed by atoms with Crippen molar-refractivity contribution < 1.29 is 13.5 Å². The van der Waals surface area contributed by atoms with Crippen LogP contribution < -0.4 is 4.74 Å². The topological polar surface area (TPSA) is 12.5 Å². The molecule has 0 aromatic heterocycles. The van der Waals surface area contributed by atoms with Crippen molar-refractivity contribution in [3.05, 3.63) is 29.8 Å². The van der Waals surface area contributed by atoms with Gasteiger partial charge in [-0.05, 0) is 0 Å². The third kappa shape index (κ3) is 3.08. The molecule has 2 rings (SSSR count). The van der Waals surface area contributed by atoms with E-state index in [0.717, 1.165) is 19.2 Å². The highest BCUT2D eigenvalue weighted by Crippen LogP contribution is 2.33. The molecular weight excluding hydrogens is 254 g/mol. The lowest BCUT2D eigenvalue weighted by Crippen LogP contribution is -2.69. The van der Waals surface area contributed by atoms with Crippen LogP contribution in [0.1, 0.15) is 0 Å². The molecular formula is C11H18B5F2NO. The van der Waals surface area contributed by atoms with Crippen molar-refractivity contribution in [1.82, 2.24) is 4.90 Å². The van der Waals surface area contributed by atoms with Crippen LogP contribution in [0.4, 0.5) is 8.78 Å². The quantitative estimate of drug-likeness (QED) is 0.539. The van der Waals surface area contributed by atoms with Crippen LogP contribution in [0.2, 0.25) is 5.11 Å². The summed E-state index contributed by atoms with van der Waals surface area (Å²) in [6.07, 6.45) is -0.00201. The molecule has 0 saturated carbocycles. The number of halogens is 2. The second-order valence-electron chi connectivity index (χ2n) is 7.06.